The van der Waals surface area contributed by atoms with Crippen LogP contribution in [0.15, 0.2) is 18.2 Å². The summed E-state index contributed by atoms with van der Waals surface area (Å²) in [4.78, 5) is 0. The molecule has 1 aromatic carbocycles. The molecule has 0 spiro atoms. The number of hydrogen-bond acceptors (Lipinski definition) is 1. The summed E-state index contributed by atoms with van der Waals surface area (Å²) in [5.41, 5.74) is 6.63. The molecule has 1 aromatic rings. The molecule has 1 atom stereocenters. The Hall–Kier alpha value is 0.0500. The molecule has 0 heterocycles. The molecular formula is C8H10Cl3N. The second kappa shape index (κ2) is 4.93. The van der Waals surface area contributed by atoms with Crippen LogP contribution < -0.4 is 5.73 Å². The third-order valence-corrected chi connectivity index (χ3v) is 2.21. The summed E-state index contributed by atoms with van der Waals surface area (Å²) in [6.07, 6.45) is 0. The van der Waals surface area contributed by atoms with Gasteiger partial charge in [0.25, 0.3) is 0 Å². The van der Waals surface area contributed by atoms with Crippen molar-refractivity contribution in [1.29, 1.82) is 0 Å². The van der Waals surface area contributed by atoms with Crippen molar-refractivity contribution in [1.82, 2.24) is 0 Å². The predicted octanol–water partition coefficient (Wildman–Crippen LogP) is 3.43. The van der Waals surface area contributed by atoms with Gasteiger partial charge in [0.15, 0.2) is 0 Å². The molecule has 0 saturated carbocycles. The topological polar surface area (TPSA) is 26.0 Å². The van der Waals surface area contributed by atoms with E-state index in [9.17, 15) is 0 Å². The van der Waals surface area contributed by atoms with E-state index in [1.807, 2.05) is 13.0 Å². The molecule has 0 amide bonds. The van der Waals surface area contributed by atoms with Gasteiger partial charge in [0.2, 0.25) is 0 Å². The maximum Gasteiger partial charge on any atom is 0.0595 e. The fourth-order valence-electron chi connectivity index (χ4n) is 0.796. The zero-order valence-electron chi connectivity index (χ0n) is 6.55. The fourth-order valence-corrected chi connectivity index (χ4v) is 1.10. The van der Waals surface area contributed by atoms with Crippen molar-refractivity contribution in [3.63, 3.8) is 0 Å². The van der Waals surface area contributed by atoms with Gasteiger partial charge in [0, 0.05) is 6.04 Å². The molecule has 0 saturated heterocycles. The standard InChI is InChI=1S/C8H9Cl2N.ClH/c1-5(11)6-2-3-7(9)8(10)4-6;/h2-5H,11H2,1H3;1H. The van der Waals surface area contributed by atoms with Gasteiger partial charge in [-0.1, -0.05) is 29.3 Å². The van der Waals surface area contributed by atoms with Crippen LogP contribution >= 0.6 is 35.6 Å². The largest absolute Gasteiger partial charge is 0.324 e. The molecule has 0 bridgehead atoms. The predicted molar refractivity (Wildman–Crippen MR) is 56.3 cm³/mol. The highest BCUT2D eigenvalue weighted by atomic mass is 35.5. The number of rotatable bonds is 1. The Morgan fingerprint density at radius 1 is 1.25 bits per heavy atom. The molecule has 0 aliphatic rings. The first-order valence-corrected chi connectivity index (χ1v) is 4.07. The smallest absolute Gasteiger partial charge is 0.0595 e. The molecule has 0 aliphatic carbocycles. The first-order chi connectivity index (χ1) is 5.11. The van der Waals surface area contributed by atoms with E-state index in [0.29, 0.717) is 10.0 Å². The molecule has 0 aromatic heterocycles. The van der Waals surface area contributed by atoms with Crippen molar-refractivity contribution in [2.45, 2.75) is 13.0 Å². The Balaban J connectivity index is 0.00000121. The first kappa shape index (κ1) is 12.0. The Bertz CT molecular complexity index is 260. The Morgan fingerprint density at radius 3 is 2.25 bits per heavy atom. The highest BCUT2D eigenvalue weighted by Crippen LogP contribution is 2.24. The minimum Gasteiger partial charge on any atom is -0.324 e. The van der Waals surface area contributed by atoms with Gasteiger partial charge in [0.1, 0.15) is 0 Å². The van der Waals surface area contributed by atoms with Crippen LogP contribution in [0.25, 0.3) is 0 Å². The van der Waals surface area contributed by atoms with E-state index in [2.05, 4.69) is 0 Å². The van der Waals surface area contributed by atoms with Gasteiger partial charge >= 0.3 is 0 Å². The van der Waals surface area contributed by atoms with Crippen LogP contribution in [-0.4, -0.2) is 0 Å². The van der Waals surface area contributed by atoms with Gasteiger partial charge in [-0.2, -0.15) is 0 Å². The molecule has 68 valence electrons. The second-order valence-corrected chi connectivity index (χ2v) is 3.28. The number of hydrogen-bond donors (Lipinski definition) is 1. The van der Waals surface area contributed by atoms with Gasteiger partial charge in [-0.05, 0) is 24.6 Å². The van der Waals surface area contributed by atoms with Crippen molar-refractivity contribution >= 4 is 35.6 Å². The van der Waals surface area contributed by atoms with E-state index in [-0.39, 0.29) is 18.4 Å². The highest BCUT2D eigenvalue weighted by Gasteiger charge is 2.01. The lowest BCUT2D eigenvalue weighted by Gasteiger charge is -2.05. The molecule has 4 heteroatoms. The molecule has 2 N–H and O–H groups in total. The zero-order valence-corrected chi connectivity index (χ0v) is 8.88. The van der Waals surface area contributed by atoms with E-state index in [1.165, 1.54) is 0 Å². The van der Waals surface area contributed by atoms with Gasteiger partial charge in [-0.3, -0.25) is 0 Å². The maximum absolute atomic E-state index is 5.77. The molecule has 1 nitrogen and oxygen atoms in total. The summed E-state index contributed by atoms with van der Waals surface area (Å²) >= 11 is 11.5. The van der Waals surface area contributed by atoms with Crippen LogP contribution in [0.5, 0.6) is 0 Å². The minimum absolute atomic E-state index is 0. The number of benzene rings is 1. The normalized spacial score (nSPS) is 12.0. The van der Waals surface area contributed by atoms with Crippen LogP contribution in [0.2, 0.25) is 10.0 Å². The highest BCUT2D eigenvalue weighted by molar-refractivity contribution is 6.42. The Labute approximate surface area is 88.3 Å². The lowest BCUT2D eigenvalue weighted by molar-refractivity contribution is 0.818. The minimum atomic E-state index is 0. The van der Waals surface area contributed by atoms with Crippen molar-refractivity contribution < 1.29 is 0 Å². The van der Waals surface area contributed by atoms with E-state index in [1.54, 1.807) is 12.1 Å². The monoisotopic (exact) mass is 225 g/mol. The van der Waals surface area contributed by atoms with E-state index < -0.39 is 0 Å². The molecule has 1 unspecified atom stereocenters. The Kier molecular flexibility index (Phi) is 4.95. The van der Waals surface area contributed by atoms with Crippen molar-refractivity contribution in [2.75, 3.05) is 0 Å². The fraction of sp³-hybridized carbons (Fsp3) is 0.250. The van der Waals surface area contributed by atoms with Crippen LogP contribution in [0.1, 0.15) is 18.5 Å². The zero-order chi connectivity index (χ0) is 8.43. The molecule has 0 radical (unpaired) electrons. The molecule has 0 aliphatic heterocycles. The quantitative estimate of drug-likeness (QED) is 0.780. The first-order valence-electron chi connectivity index (χ1n) is 3.32. The molecule has 1 rings (SSSR count). The van der Waals surface area contributed by atoms with Gasteiger partial charge in [0.05, 0.1) is 10.0 Å². The summed E-state index contributed by atoms with van der Waals surface area (Å²) in [6.45, 7) is 1.90. The van der Waals surface area contributed by atoms with Crippen LogP contribution in [0.3, 0.4) is 0 Å². The molecular weight excluding hydrogens is 216 g/mol. The number of halogens is 3. The average Bonchev–Trinajstić information content (AvgIpc) is 1.94. The maximum atomic E-state index is 5.77. The van der Waals surface area contributed by atoms with Gasteiger partial charge in [-0.15, -0.1) is 12.4 Å². The third kappa shape index (κ3) is 2.83. The van der Waals surface area contributed by atoms with Crippen molar-refractivity contribution in [3.8, 4) is 0 Å². The van der Waals surface area contributed by atoms with Gasteiger partial charge in [-0.25, -0.2) is 0 Å². The lowest BCUT2D eigenvalue weighted by atomic mass is 10.1. The molecule has 12 heavy (non-hydrogen) atoms. The van der Waals surface area contributed by atoms with Crippen LogP contribution in [0, 0.1) is 0 Å². The SMILES string of the molecule is CC(N)c1ccc(Cl)c(Cl)c1.Cl. The van der Waals surface area contributed by atoms with Crippen LogP contribution in [-0.2, 0) is 0 Å². The van der Waals surface area contributed by atoms with Crippen molar-refractivity contribution in [3.05, 3.63) is 33.8 Å². The van der Waals surface area contributed by atoms with E-state index >= 15 is 0 Å². The van der Waals surface area contributed by atoms with Crippen LogP contribution in [0.4, 0.5) is 0 Å². The van der Waals surface area contributed by atoms with E-state index in [4.69, 9.17) is 28.9 Å². The summed E-state index contributed by atoms with van der Waals surface area (Å²) in [6, 6.07) is 5.42. The van der Waals surface area contributed by atoms with Gasteiger partial charge < -0.3 is 5.73 Å². The summed E-state index contributed by atoms with van der Waals surface area (Å²) in [7, 11) is 0. The third-order valence-electron chi connectivity index (χ3n) is 1.47. The average molecular weight is 227 g/mol. The second-order valence-electron chi connectivity index (χ2n) is 2.46. The van der Waals surface area contributed by atoms with Crippen molar-refractivity contribution in [2.24, 2.45) is 5.73 Å². The lowest BCUT2D eigenvalue weighted by Crippen LogP contribution is -2.04. The number of nitrogens with two attached hydrogens (primary N) is 1. The summed E-state index contributed by atoms with van der Waals surface area (Å²) in [5, 5.41) is 1.12. The Morgan fingerprint density at radius 2 is 1.83 bits per heavy atom. The molecule has 0 fully saturated rings. The van der Waals surface area contributed by atoms with E-state index in [0.717, 1.165) is 5.56 Å². The summed E-state index contributed by atoms with van der Waals surface area (Å²) < 4.78 is 0. The summed E-state index contributed by atoms with van der Waals surface area (Å²) in [5.74, 6) is 0.